The zero-order chi connectivity index (χ0) is 16.8. The van der Waals surface area contributed by atoms with Crippen LogP contribution in [-0.4, -0.2) is 58.9 Å². The molecule has 0 spiro atoms. The number of nitrogens with zero attached hydrogens (tertiary/aromatic N) is 2. The summed E-state index contributed by atoms with van der Waals surface area (Å²) in [4.78, 5) is 39.2. The second-order valence-electron chi connectivity index (χ2n) is 6.71. The molecule has 2 heterocycles. The molecule has 124 valence electrons. The molecule has 1 saturated heterocycles. The minimum Gasteiger partial charge on any atom is -0.481 e. The van der Waals surface area contributed by atoms with Crippen LogP contribution in [0.25, 0.3) is 0 Å². The molecule has 0 aromatic carbocycles. The first-order valence-corrected chi connectivity index (χ1v) is 7.68. The molecule has 2 atom stereocenters. The van der Waals surface area contributed by atoms with Gasteiger partial charge in [0.1, 0.15) is 0 Å². The van der Waals surface area contributed by atoms with E-state index in [0.29, 0.717) is 31.9 Å². The molecule has 1 aromatic rings. The summed E-state index contributed by atoms with van der Waals surface area (Å²) in [7, 11) is 0. The van der Waals surface area contributed by atoms with Crippen LogP contribution in [0.15, 0.2) is 22.8 Å². The quantitative estimate of drug-likeness (QED) is 0.894. The average molecular weight is 320 g/mol. The van der Waals surface area contributed by atoms with Gasteiger partial charge in [0, 0.05) is 26.2 Å². The van der Waals surface area contributed by atoms with Crippen molar-refractivity contribution in [1.29, 1.82) is 0 Å². The number of aliphatic carboxylic acids is 1. The Labute approximate surface area is 133 Å². The van der Waals surface area contributed by atoms with Crippen LogP contribution in [0, 0.1) is 17.3 Å². The normalized spacial score (nSPS) is 26.0. The summed E-state index contributed by atoms with van der Waals surface area (Å²) in [5.41, 5.74) is -0.496. The number of carboxylic acid groups (broad SMARTS) is 1. The number of hydrogen-bond donors (Lipinski definition) is 1. The van der Waals surface area contributed by atoms with Crippen molar-refractivity contribution in [1.82, 2.24) is 9.80 Å². The van der Waals surface area contributed by atoms with Gasteiger partial charge in [-0.05, 0) is 17.5 Å². The fourth-order valence-electron chi connectivity index (χ4n) is 3.44. The van der Waals surface area contributed by atoms with Gasteiger partial charge in [0.2, 0.25) is 5.91 Å². The number of carboxylic acids is 1. The molecule has 1 aliphatic carbocycles. The highest BCUT2D eigenvalue weighted by Crippen LogP contribution is 2.59. The smallest absolute Gasteiger partial charge is 0.307 e. The summed E-state index contributed by atoms with van der Waals surface area (Å²) in [6.45, 7) is 5.32. The summed E-state index contributed by atoms with van der Waals surface area (Å²) < 4.78 is 5.10. The monoisotopic (exact) mass is 320 g/mol. The SMILES string of the molecule is CC1(C)[C@@H](C(=O)O)[C@@H]1C(=O)N1CCN(C(=O)c2ccco2)CC1. The van der Waals surface area contributed by atoms with Crippen LogP contribution in [0.1, 0.15) is 24.4 Å². The Morgan fingerprint density at radius 2 is 1.74 bits per heavy atom. The first kappa shape index (κ1) is 15.6. The Bertz CT molecular complexity index is 629. The lowest BCUT2D eigenvalue weighted by molar-refractivity contribution is -0.142. The van der Waals surface area contributed by atoms with E-state index in [1.54, 1.807) is 21.9 Å². The van der Waals surface area contributed by atoms with Crippen LogP contribution >= 0.6 is 0 Å². The molecule has 0 radical (unpaired) electrons. The molecule has 0 unspecified atom stereocenters. The minimum atomic E-state index is -0.917. The first-order valence-electron chi connectivity index (χ1n) is 7.68. The molecule has 1 aliphatic heterocycles. The van der Waals surface area contributed by atoms with Gasteiger partial charge in [0.15, 0.2) is 5.76 Å². The van der Waals surface area contributed by atoms with E-state index in [4.69, 9.17) is 4.42 Å². The number of hydrogen-bond acceptors (Lipinski definition) is 4. The third-order valence-corrected chi connectivity index (χ3v) is 4.97. The van der Waals surface area contributed by atoms with Gasteiger partial charge in [-0.25, -0.2) is 0 Å². The van der Waals surface area contributed by atoms with Crippen molar-refractivity contribution in [3.05, 3.63) is 24.2 Å². The highest BCUT2D eigenvalue weighted by atomic mass is 16.4. The van der Waals surface area contributed by atoms with Crippen molar-refractivity contribution in [2.75, 3.05) is 26.2 Å². The lowest BCUT2D eigenvalue weighted by atomic mass is 10.1. The molecule has 2 fully saturated rings. The van der Waals surface area contributed by atoms with E-state index in [2.05, 4.69) is 0 Å². The summed E-state index contributed by atoms with van der Waals surface area (Å²) in [5, 5.41) is 9.19. The number of rotatable bonds is 3. The predicted molar refractivity (Wildman–Crippen MR) is 79.6 cm³/mol. The van der Waals surface area contributed by atoms with Crippen LogP contribution in [0.2, 0.25) is 0 Å². The summed E-state index contributed by atoms with van der Waals surface area (Å²) in [6.07, 6.45) is 1.45. The zero-order valence-corrected chi connectivity index (χ0v) is 13.2. The Hall–Kier alpha value is -2.31. The maximum atomic E-state index is 12.5. The Morgan fingerprint density at radius 3 is 2.22 bits per heavy atom. The molecule has 23 heavy (non-hydrogen) atoms. The fourth-order valence-corrected chi connectivity index (χ4v) is 3.44. The van der Waals surface area contributed by atoms with Gasteiger partial charge in [-0.1, -0.05) is 13.8 Å². The Balaban J connectivity index is 1.58. The number of amides is 2. The van der Waals surface area contributed by atoms with E-state index in [-0.39, 0.29) is 11.8 Å². The summed E-state index contributed by atoms with van der Waals surface area (Å²) in [5.74, 6) is -2.01. The second-order valence-corrected chi connectivity index (χ2v) is 6.71. The number of carbonyl (C=O) groups excluding carboxylic acids is 2. The van der Waals surface area contributed by atoms with E-state index in [9.17, 15) is 19.5 Å². The van der Waals surface area contributed by atoms with Gasteiger partial charge < -0.3 is 19.3 Å². The number of furan rings is 1. The van der Waals surface area contributed by atoms with E-state index in [1.807, 2.05) is 13.8 Å². The summed E-state index contributed by atoms with van der Waals surface area (Å²) >= 11 is 0. The van der Waals surface area contributed by atoms with Gasteiger partial charge in [-0.15, -0.1) is 0 Å². The molecule has 7 nitrogen and oxygen atoms in total. The van der Waals surface area contributed by atoms with Gasteiger partial charge in [-0.2, -0.15) is 0 Å². The van der Waals surface area contributed by atoms with E-state index in [0.717, 1.165) is 0 Å². The minimum absolute atomic E-state index is 0.118. The molecule has 2 aliphatic rings. The van der Waals surface area contributed by atoms with Gasteiger partial charge in [-0.3, -0.25) is 14.4 Å². The topological polar surface area (TPSA) is 91.1 Å². The van der Waals surface area contributed by atoms with Crippen molar-refractivity contribution in [3.63, 3.8) is 0 Å². The van der Waals surface area contributed by atoms with E-state index in [1.165, 1.54) is 6.26 Å². The van der Waals surface area contributed by atoms with Crippen LogP contribution in [0.3, 0.4) is 0 Å². The van der Waals surface area contributed by atoms with Crippen molar-refractivity contribution in [2.45, 2.75) is 13.8 Å². The maximum Gasteiger partial charge on any atom is 0.307 e. The molecular formula is C16H20N2O5. The second kappa shape index (κ2) is 5.40. The largest absolute Gasteiger partial charge is 0.481 e. The fraction of sp³-hybridized carbons (Fsp3) is 0.562. The first-order chi connectivity index (χ1) is 10.8. The van der Waals surface area contributed by atoms with Crippen molar-refractivity contribution in [2.24, 2.45) is 17.3 Å². The maximum absolute atomic E-state index is 12.5. The number of piperazine rings is 1. The predicted octanol–water partition coefficient (Wildman–Crippen LogP) is 0.921. The third kappa shape index (κ3) is 2.60. The van der Waals surface area contributed by atoms with Crippen LogP contribution in [0.4, 0.5) is 0 Å². The van der Waals surface area contributed by atoms with E-state index >= 15 is 0 Å². The molecule has 1 aromatic heterocycles. The standard InChI is InChI=1S/C16H20N2O5/c1-16(2)11(12(16)15(21)22)14(20)18-7-5-17(6-8-18)13(19)10-4-3-9-23-10/h3-4,9,11-12H,5-8H2,1-2H3,(H,21,22)/t11-,12-/m1/s1. The van der Waals surface area contributed by atoms with Gasteiger partial charge in [0.25, 0.3) is 5.91 Å². The highest BCUT2D eigenvalue weighted by Gasteiger charge is 2.66. The lowest BCUT2D eigenvalue weighted by Gasteiger charge is -2.34. The van der Waals surface area contributed by atoms with Gasteiger partial charge in [0.05, 0.1) is 18.1 Å². The number of carbonyl (C=O) groups is 3. The molecule has 7 heteroatoms. The average Bonchev–Trinajstić information content (AvgIpc) is 2.90. The molecular weight excluding hydrogens is 300 g/mol. The van der Waals surface area contributed by atoms with E-state index < -0.39 is 23.2 Å². The summed E-state index contributed by atoms with van der Waals surface area (Å²) in [6, 6.07) is 3.28. The van der Waals surface area contributed by atoms with Crippen molar-refractivity contribution in [3.8, 4) is 0 Å². The molecule has 1 saturated carbocycles. The van der Waals surface area contributed by atoms with Crippen LogP contribution in [-0.2, 0) is 9.59 Å². The molecule has 0 bridgehead atoms. The molecule has 3 rings (SSSR count). The van der Waals surface area contributed by atoms with Crippen LogP contribution in [0.5, 0.6) is 0 Å². The molecule has 1 N–H and O–H groups in total. The van der Waals surface area contributed by atoms with Gasteiger partial charge >= 0.3 is 5.97 Å². The third-order valence-electron chi connectivity index (χ3n) is 4.97. The van der Waals surface area contributed by atoms with Crippen molar-refractivity contribution >= 4 is 17.8 Å². The van der Waals surface area contributed by atoms with Crippen LogP contribution < -0.4 is 0 Å². The zero-order valence-electron chi connectivity index (χ0n) is 13.2. The Kier molecular flexibility index (Phi) is 3.66. The Morgan fingerprint density at radius 1 is 1.13 bits per heavy atom. The molecule has 2 amide bonds. The highest BCUT2D eigenvalue weighted by molar-refractivity contribution is 5.93. The van der Waals surface area contributed by atoms with Crippen molar-refractivity contribution < 1.29 is 23.9 Å². The lowest BCUT2D eigenvalue weighted by Crippen LogP contribution is -2.51.